The van der Waals surface area contributed by atoms with Gasteiger partial charge in [-0.2, -0.15) is 0 Å². The number of rotatable bonds is 9. The maximum atomic E-state index is 14.1. The van der Waals surface area contributed by atoms with Crippen LogP contribution in [-0.2, 0) is 20.9 Å². The summed E-state index contributed by atoms with van der Waals surface area (Å²) < 4.78 is -1.06. The number of hydrogen-bond acceptors (Lipinski definition) is 5. The minimum absolute atomic E-state index is 0.0350. The van der Waals surface area contributed by atoms with Crippen molar-refractivity contribution in [1.82, 2.24) is 10.2 Å². The Hall–Kier alpha value is -2.84. The Morgan fingerprint density at radius 3 is 2.58 bits per heavy atom. The van der Waals surface area contributed by atoms with E-state index in [-0.39, 0.29) is 24.3 Å². The lowest BCUT2D eigenvalue weighted by molar-refractivity contribution is -0.140. The van der Waals surface area contributed by atoms with Crippen LogP contribution in [0.2, 0.25) is 0 Å². The van der Waals surface area contributed by atoms with Crippen molar-refractivity contribution in [3.8, 4) is 0 Å². The average Bonchev–Trinajstić information content (AvgIpc) is 3.46. The monoisotopic (exact) mass is 535 g/mol. The van der Waals surface area contributed by atoms with E-state index in [9.17, 15) is 19.5 Å². The van der Waals surface area contributed by atoms with Gasteiger partial charge < -0.3 is 20.6 Å². The Morgan fingerprint density at radius 1 is 1.08 bits per heavy atom. The molecule has 2 aromatic rings. The third-order valence-corrected chi connectivity index (χ3v) is 10.6. The second-order valence-electron chi connectivity index (χ2n) is 11.2. The van der Waals surface area contributed by atoms with Crippen LogP contribution in [0.1, 0.15) is 49.3 Å². The Bertz CT molecular complexity index is 1240. The van der Waals surface area contributed by atoms with Crippen LogP contribution in [0.5, 0.6) is 0 Å². The molecular formula is C30H37N3O4S. The number of hydrogen-bond donors (Lipinski definition) is 3. The van der Waals surface area contributed by atoms with Crippen LogP contribution in [-0.4, -0.2) is 56.4 Å². The van der Waals surface area contributed by atoms with Crippen molar-refractivity contribution >= 4 is 35.2 Å². The molecule has 8 heteroatoms. The largest absolute Gasteiger partial charge is 0.396 e. The lowest BCUT2D eigenvalue weighted by Crippen LogP contribution is -2.52. The molecule has 38 heavy (non-hydrogen) atoms. The highest BCUT2D eigenvalue weighted by Crippen LogP contribution is 2.71. The molecule has 0 radical (unpaired) electrons. The van der Waals surface area contributed by atoms with Gasteiger partial charge in [-0.25, -0.2) is 0 Å². The highest BCUT2D eigenvalue weighted by atomic mass is 32.2. The molecule has 202 valence electrons. The standard InChI is InChI=1S/C30H37N3O4S/c1-19-11-12-20(2)22(17-19)32-27(36)25-30-14-13-29(3,38-30)23(24(30)28(37)33(25)15-7-8-16-34)26(35)31-18-21-9-5-4-6-10-21/h4-6,9-12,17,23-25,34H,7-8,13-16,18H2,1-3H3,(H,31,35)(H,32,36)/t23-,24-,25?,29+,30?/m0/s1. The molecule has 5 rings (SSSR count). The lowest BCUT2D eigenvalue weighted by atomic mass is 9.66. The minimum atomic E-state index is -0.669. The summed E-state index contributed by atoms with van der Waals surface area (Å²) in [6, 6.07) is 15.0. The first kappa shape index (κ1) is 26.8. The van der Waals surface area contributed by atoms with Gasteiger partial charge in [0, 0.05) is 30.1 Å². The normalized spacial score (nSPS) is 29.4. The molecule has 2 unspecified atom stereocenters. The summed E-state index contributed by atoms with van der Waals surface area (Å²) in [6.45, 7) is 6.85. The van der Waals surface area contributed by atoms with Crippen LogP contribution in [0.15, 0.2) is 48.5 Å². The number of anilines is 1. The van der Waals surface area contributed by atoms with Crippen LogP contribution in [0, 0.1) is 25.7 Å². The summed E-state index contributed by atoms with van der Waals surface area (Å²) in [5.74, 6) is -1.48. The van der Waals surface area contributed by atoms with E-state index in [1.54, 1.807) is 16.7 Å². The molecule has 7 nitrogen and oxygen atoms in total. The van der Waals surface area contributed by atoms with Crippen molar-refractivity contribution in [2.45, 2.75) is 68.5 Å². The quantitative estimate of drug-likeness (QED) is 0.424. The van der Waals surface area contributed by atoms with Gasteiger partial charge in [-0.1, -0.05) is 42.5 Å². The van der Waals surface area contributed by atoms with Crippen LogP contribution >= 0.6 is 11.8 Å². The van der Waals surface area contributed by atoms with Gasteiger partial charge in [-0.15, -0.1) is 11.8 Å². The fourth-order valence-corrected chi connectivity index (χ4v) is 9.08. The number of aryl methyl sites for hydroxylation is 2. The predicted molar refractivity (Wildman–Crippen MR) is 150 cm³/mol. The number of unbranched alkanes of at least 4 members (excludes halogenated alkanes) is 1. The molecule has 2 bridgehead atoms. The van der Waals surface area contributed by atoms with Gasteiger partial charge in [0.05, 0.1) is 16.6 Å². The summed E-state index contributed by atoms with van der Waals surface area (Å²) in [5.41, 5.74) is 3.76. The number of likely N-dealkylation sites (tertiary alicyclic amines) is 1. The zero-order valence-corrected chi connectivity index (χ0v) is 23.1. The molecule has 3 aliphatic heterocycles. The fraction of sp³-hybridized carbons (Fsp3) is 0.500. The summed E-state index contributed by atoms with van der Waals surface area (Å²) in [7, 11) is 0. The highest BCUT2D eigenvalue weighted by molar-refractivity contribution is 8.02. The maximum Gasteiger partial charge on any atom is 0.248 e. The molecule has 1 spiro atoms. The third-order valence-electron chi connectivity index (χ3n) is 8.58. The average molecular weight is 536 g/mol. The first-order valence-electron chi connectivity index (χ1n) is 13.5. The van der Waals surface area contributed by atoms with Crippen LogP contribution < -0.4 is 10.6 Å². The van der Waals surface area contributed by atoms with Gasteiger partial charge in [0.2, 0.25) is 17.7 Å². The first-order valence-corrected chi connectivity index (χ1v) is 14.3. The molecule has 3 amide bonds. The molecule has 0 aliphatic carbocycles. The molecule has 3 aliphatic rings. The summed E-state index contributed by atoms with van der Waals surface area (Å²) in [6.07, 6.45) is 2.65. The minimum Gasteiger partial charge on any atom is -0.396 e. The molecule has 2 aromatic carbocycles. The van der Waals surface area contributed by atoms with E-state index in [0.29, 0.717) is 32.4 Å². The van der Waals surface area contributed by atoms with E-state index in [1.165, 1.54) is 0 Å². The van der Waals surface area contributed by atoms with E-state index < -0.39 is 27.4 Å². The van der Waals surface area contributed by atoms with E-state index in [0.717, 1.165) is 28.8 Å². The van der Waals surface area contributed by atoms with Crippen molar-refractivity contribution in [2.24, 2.45) is 11.8 Å². The van der Waals surface area contributed by atoms with E-state index in [2.05, 4.69) is 17.6 Å². The number of aliphatic hydroxyl groups is 1. The molecule has 3 saturated heterocycles. The number of nitrogens with zero attached hydrogens (tertiary/aromatic N) is 1. The van der Waals surface area contributed by atoms with Gasteiger partial charge in [0.1, 0.15) is 6.04 Å². The number of aliphatic hydroxyl groups excluding tert-OH is 1. The maximum absolute atomic E-state index is 14.1. The van der Waals surface area contributed by atoms with Gasteiger partial charge in [-0.05, 0) is 69.2 Å². The van der Waals surface area contributed by atoms with E-state index in [4.69, 9.17) is 0 Å². The van der Waals surface area contributed by atoms with Crippen LogP contribution in [0.3, 0.4) is 0 Å². The van der Waals surface area contributed by atoms with Gasteiger partial charge >= 0.3 is 0 Å². The molecule has 3 heterocycles. The van der Waals surface area contributed by atoms with E-state index >= 15 is 0 Å². The summed E-state index contributed by atoms with van der Waals surface area (Å²) in [4.78, 5) is 43.5. The lowest BCUT2D eigenvalue weighted by Gasteiger charge is -2.35. The SMILES string of the molecule is Cc1ccc(C)c(NC(=O)C2N(CCCCO)C(=O)[C@@H]3[C@@H](C(=O)NCc4ccccc4)[C@@]4(C)CCC23S4)c1. The van der Waals surface area contributed by atoms with E-state index in [1.807, 2.05) is 62.4 Å². The van der Waals surface area contributed by atoms with Crippen LogP contribution in [0.4, 0.5) is 5.69 Å². The van der Waals surface area contributed by atoms with Gasteiger partial charge in [-0.3, -0.25) is 14.4 Å². The second-order valence-corrected chi connectivity index (χ2v) is 13.1. The molecule has 0 aromatic heterocycles. The Morgan fingerprint density at radius 2 is 1.84 bits per heavy atom. The number of nitrogens with one attached hydrogen (secondary N) is 2. The van der Waals surface area contributed by atoms with Crippen molar-refractivity contribution in [3.63, 3.8) is 0 Å². The van der Waals surface area contributed by atoms with Gasteiger partial charge in [0.25, 0.3) is 0 Å². The third kappa shape index (κ3) is 4.51. The Labute approximate surface area is 228 Å². The molecule has 5 atom stereocenters. The summed E-state index contributed by atoms with van der Waals surface area (Å²) >= 11 is 1.68. The van der Waals surface area contributed by atoms with Crippen molar-refractivity contribution in [3.05, 3.63) is 65.2 Å². The van der Waals surface area contributed by atoms with Crippen molar-refractivity contribution in [1.29, 1.82) is 0 Å². The van der Waals surface area contributed by atoms with Crippen molar-refractivity contribution < 1.29 is 19.5 Å². The highest BCUT2D eigenvalue weighted by Gasteiger charge is 2.77. The smallest absolute Gasteiger partial charge is 0.248 e. The zero-order chi connectivity index (χ0) is 27.1. The molecule has 0 saturated carbocycles. The van der Waals surface area contributed by atoms with Crippen LogP contribution in [0.25, 0.3) is 0 Å². The molecule has 3 fully saturated rings. The fourth-order valence-electron chi connectivity index (χ4n) is 6.73. The number of thioether (sulfide) groups is 1. The number of fused-ring (bicyclic) bond motifs is 1. The first-order chi connectivity index (χ1) is 18.2. The summed E-state index contributed by atoms with van der Waals surface area (Å²) in [5, 5.41) is 15.6. The van der Waals surface area contributed by atoms with Crippen molar-refractivity contribution in [2.75, 3.05) is 18.5 Å². The number of carbonyl (C=O) groups is 3. The second kappa shape index (κ2) is 10.4. The zero-order valence-electron chi connectivity index (χ0n) is 22.3. The molecular weight excluding hydrogens is 498 g/mol. The number of amides is 3. The number of benzene rings is 2. The topological polar surface area (TPSA) is 98.7 Å². The Kier molecular flexibility index (Phi) is 7.31. The number of carbonyl (C=O) groups excluding carboxylic acids is 3. The van der Waals surface area contributed by atoms with Gasteiger partial charge in [0.15, 0.2) is 0 Å². The molecule has 3 N–H and O–H groups in total. The Balaban J connectivity index is 1.45. The predicted octanol–water partition coefficient (Wildman–Crippen LogP) is 3.81.